The Bertz CT molecular complexity index is 158. The van der Waals surface area contributed by atoms with Crippen LogP contribution in [0.2, 0.25) is 0 Å². The molecule has 0 amide bonds. The van der Waals surface area contributed by atoms with Crippen molar-refractivity contribution in [1.82, 2.24) is 5.32 Å². The van der Waals surface area contributed by atoms with Crippen LogP contribution >= 0.6 is 0 Å². The molecule has 0 rings (SSSR count). The fourth-order valence-corrected chi connectivity index (χ4v) is 0.792. The van der Waals surface area contributed by atoms with Crippen LogP contribution in [0.25, 0.3) is 0 Å². The standard InChI is InChI=1S/C12H23N/c1-9(2)11(5)7-13-8-12(6)10(3)4/h9-10,13H,5-8H2,1-4H3. The van der Waals surface area contributed by atoms with Crippen molar-refractivity contribution in [1.29, 1.82) is 0 Å². The van der Waals surface area contributed by atoms with Crippen molar-refractivity contribution in [2.75, 3.05) is 13.1 Å². The van der Waals surface area contributed by atoms with Gasteiger partial charge in [-0.15, -0.1) is 0 Å². The predicted octanol–water partition coefficient (Wildman–Crippen LogP) is 3.00. The number of nitrogens with one attached hydrogen (secondary N) is 1. The van der Waals surface area contributed by atoms with Gasteiger partial charge in [0.1, 0.15) is 0 Å². The fraction of sp³-hybridized carbons (Fsp3) is 0.667. The Morgan fingerprint density at radius 2 is 1.23 bits per heavy atom. The summed E-state index contributed by atoms with van der Waals surface area (Å²) in [6.45, 7) is 18.5. The molecule has 0 saturated carbocycles. The third-order valence-corrected chi connectivity index (χ3v) is 2.34. The molecule has 0 saturated heterocycles. The van der Waals surface area contributed by atoms with Crippen LogP contribution in [0.4, 0.5) is 0 Å². The highest BCUT2D eigenvalue weighted by Gasteiger charge is 2.01. The van der Waals surface area contributed by atoms with E-state index in [0.717, 1.165) is 13.1 Å². The van der Waals surface area contributed by atoms with Crippen molar-refractivity contribution in [2.45, 2.75) is 27.7 Å². The second-order valence-electron chi connectivity index (χ2n) is 4.23. The van der Waals surface area contributed by atoms with Gasteiger partial charge in [-0.3, -0.25) is 0 Å². The van der Waals surface area contributed by atoms with E-state index >= 15 is 0 Å². The molecule has 0 radical (unpaired) electrons. The van der Waals surface area contributed by atoms with Crippen molar-refractivity contribution in [3.8, 4) is 0 Å². The lowest BCUT2D eigenvalue weighted by molar-refractivity contribution is 0.651. The predicted molar refractivity (Wildman–Crippen MR) is 60.8 cm³/mol. The zero-order valence-electron chi connectivity index (χ0n) is 9.48. The van der Waals surface area contributed by atoms with Gasteiger partial charge in [-0.25, -0.2) is 0 Å². The molecule has 1 N–H and O–H groups in total. The SMILES string of the molecule is C=C(CNCC(=C)C(C)C)C(C)C. The summed E-state index contributed by atoms with van der Waals surface area (Å²) >= 11 is 0. The van der Waals surface area contributed by atoms with Gasteiger partial charge in [0.15, 0.2) is 0 Å². The fourth-order valence-electron chi connectivity index (χ4n) is 0.792. The van der Waals surface area contributed by atoms with Gasteiger partial charge in [0.05, 0.1) is 0 Å². The first-order valence-electron chi connectivity index (χ1n) is 5.01. The zero-order valence-corrected chi connectivity index (χ0v) is 9.48. The van der Waals surface area contributed by atoms with Crippen molar-refractivity contribution in [2.24, 2.45) is 11.8 Å². The molecule has 0 aromatic rings. The van der Waals surface area contributed by atoms with E-state index in [-0.39, 0.29) is 0 Å². The second-order valence-corrected chi connectivity index (χ2v) is 4.23. The first-order valence-corrected chi connectivity index (χ1v) is 5.01. The molecule has 0 atom stereocenters. The Labute approximate surface area is 82.9 Å². The number of hydrogen-bond acceptors (Lipinski definition) is 1. The highest BCUT2D eigenvalue weighted by Crippen LogP contribution is 2.07. The Hall–Kier alpha value is -0.560. The molecule has 1 heteroatoms. The van der Waals surface area contributed by atoms with E-state index in [1.54, 1.807) is 0 Å². The van der Waals surface area contributed by atoms with Crippen molar-refractivity contribution in [3.05, 3.63) is 24.3 Å². The zero-order chi connectivity index (χ0) is 10.4. The van der Waals surface area contributed by atoms with Gasteiger partial charge < -0.3 is 5.32 Å². The van der Waals surface area contributed by atoms with E-state index in [2.05, 4.69) is 46.2 Å². The molecule has 13 heavy (non-hydrogen) atoms. The molecule has 0 bridgehead atoms. The van der Waals surface area contributed by atoms with E-state index in [9.17, 15) is 0 Å². The molecule has 0 aliphatic heterocycles. The number of hydrogen-bond donors (Lipinski definition) is 1. The Balaban J connectivity index is 3.57. The molecular formula is C12H23N. The summed E-state index contributed by atoms with van der Waals surface area (Å²) in [6.07, 6.45) is 0. The van der Waals surface area contributed by atoms with Crippen LogP contribution in [0.5, 0.6) is 0 Å². The van der Waals surface area contributed by atoms with Crippen LogP contribution < -0.4 is 5.32 Å². The van der Waals surface area contributed by atoms with Crippen LogP contribution in [-0.2, 0) is 0 Å². The van der Waals surface area contributed by atoms with E-state index < -0.39 is 0 Å². The average molecular weight is 181 g/mol. The molecule has 0 spiro atoms. The maximum atomic E-state index is 4.00. The van der Waals surface area contributed by atoms with Gasteiger partial charge in [-0.1, -0.05) is 52.0 Å². The highest BCUT2D eigenvalue weighted by molar-refractivity contribution is 5.04. The first-order chi connectivity index (χ1) is 5.95. The largest absolute Gasteiger partial charge is 0.309 e. The molecule has 0 heterocycles. The van der Waals surface area contributed by atoms with E-state index in [0.29, 0.717) is 11.8 Å². The third-order valence-electron chi connectivity index (χ3n) is 2.34. The molecule has 76 valence electrons. The second kappa shape index (κ2) is 5.98. The van der Waals surface area contributed by atoms with Crippen LogP contribution in [0.1, 0.15) is 27.7 Å². The smallest absolute Gasteiger partial charge is 0.0167 e. The summed E-state index contributed by atoms with van der Waals surface area (Å²) in [5.74, 6) is 1.14. The Morgan fingerprint density at radius 3 is 1.46 bits per heavy atom. The minimum Gasteiger partial charge on any atom is -0.309 e. The molecule has 1 nitrogen and oxygen atoms in total. The van der Waals surface area contributed by atoms with Gasteiger partial charge in [0, 0.05) is 13.1 Å². The molecule has 0 aliphatic rings. The maximum Gasteiger partial charge on any atom is 0.0167 e. The summed E-state index contributed by atoms with van der Waals surface area (Å²) in [6, 6.07) is 0. The number of rotatable bonds is 6. The topological polar surface area (TPSA) is 12.0 Å². The summed E-state index contributed by atoms with van der Waals surface area (Å²) < 4.78 is 0. The third kappa shape index (κ3) is 5.64. The van der Waals surface area contributed by atoms with Crippen LogP contribution in [-0.4, -0.2) is 13.1 Å². The Morgan fingerprint density at radius 1 is 0.923 bits per heavy atom. The van der Waals surface area contributed by atoms with Crippen LogP contribution in [0.3, 0.4) is 0 Å². The van der Waals surface area contributed by atoms with Crippen LogP contribution in [0, 0.1) is 11.8 Å². The maximum absolute atomic E-state index is 4.00. The molecule has 0 aromatic heterocycles. The molecule has 0 aromatic carbocycles. The minimum absolute atomic E-state index is 0.569. The average Bonchev–Trinajstić information content (AvgIpc) is 2.03. The van der Waals surface area contributed by atoms with E-state index in [1.807, 2.05) is 0 Å². The lowest BCUT2D eigenvalue weighted by Crippen LogP contribution is -2.22. The normalized spacial score (nSPS) is 10.9. The Kier molecular flexibility index (Phi) is 5.72. The van der Waals surface area contributed by atoms with Gasteiger partial charge in [0.25, 0.3) is 0 Å². The van der Waals surface area contributed by atoms with Gasteiger partial charge in [-0.2, -0.15) is 0 Å². The molecule has 0 unspecified atom stereocenters. The lowest BCUT2D eigenvalue weighted by atomic mass is 10.0. The van der Waals surface area contributed by atoms with Crippen LogP contribution in [0.15, 0.2) is 24.3 Å². The van der Waals surface area contributed by atoms with Gasteiger partial charge in [-0.05, 0) is 11.8 Å². The van der Waals surface area contributed by atoms with Crippen molar-refractivity contribution < 1.29 is 0 Å². The lowest BCUT2D eigenvalue weighted by Gasteiger charge is -2.13. The minimum atomic E-state index is 0.569. The van der Waals surface area contributed by atoms with E-state index in [1.165, 1.54) is 11.1 Å². The molecule has 0 aliphatic carbocycles. The molecule has 0 fully saturated rings. The quantitative estimate of drug-likeness (QED) is 0.621. The highest BCUT2D eigenvalue weighted by atomic mass is 14.8. The van der Waals surface area contributed by atoms with Gasteiger partial charge >= 0.3 is 0 Å². The first kappa shape index (κ1) is 12.4. The van der Waals surface area contributed by atoms with Gasteiger partial charge in [0.2, 0.25) is 0 Å². The van der Waals surface area contributed by atoms with Crippen molar-refractivity contribution >= 4 is 0 Å². The molecular weight excluding hydrogens is 158 g/mol. The summed E-state index contributed by atoms with van der Waals surface area (Å²) in [5.41, 5.74) is 2.52. The monoisotopic (exact) mass is 181 g/mol. The summed E-state index contributed by atoms with van der Waals surface area (Å²) in [7, 11) is 0. The van der Waals surface area contributed by atoms with Crippen molar-refractivity contribution in [3.63, 3.8) is 0 Å². The summed E-state index contributed by atoms with van der Waals surface area (Å²) in [5, 5.41) is 3.35. The summed E-state index contributed by atoms with van der Waals surface area (Å²) in [4.78, 5) is 0. The van der Waals surface area contributed by atoms with E-state index in [4.69, 9.17) is 0 Å².